The van der Waals surface area contributed by atoms with Gasteiger partial charge in [-0.15, -0.1) is 0 Å². The number of oxazole rings is 1. The van der Waals surface area contributed by atoms with Crippen LogP contribution in [0, 0.1) is 0 Å². The van der Waals surface area contributed by atoms with Crippen LogP contribution < -0.4 is 21.1 Å². The lowest BCUT2D eigenvalue weighted by molar-refractivity contribution is -0.140. The summed E-state index contributed by atoms with van der Waals surface area (Å²) in [4.78, 5) is 25.2. The fourth-order valence-electron chi connectivity index (χ4n) is 3.55. The summed E-state index contributed by atoms with van der Waals surface area (Å²) >= 11 is 0. The number of hydrogen-bond donors (Lipinski definition) is 3. The first-order valence-corrected chi connectivity index (χ1v) is 11.8. The molecule has 3 rings (SSSR count). The first-order chi connectivity index (χ1) is 18.5. The molecule has 0 radical (unpaired) electrons. The molecule has 4 N–H and O–H groups in total. The van der Waals surface area contributed by atoms with Gasteiger partial charge in [0.2, 0.25) is 11.8 Å². The summed E-state index contributed by atoms with van der Waals surface area (Å²) in [5.74, 6) is 0.413. The molecule has 0 aliphatic carbocycles. The summed E-state index contributed by atoms with van der Waals surface area (Å²) in [5, 5.41) is 5.96. The van der Waals surface area contributed by atoms with Crippen molar-refractivity contribution in [3.63, 3.8) is 0 Å². The molecular weight excluding hydrogens is 517 g/mol. The molecule has 0 aliphatic heterocycles. The Labute approximate surface area is 222 Å². The molecule has 2 heterocycles. The number of nitrogens with one attached hydrogen (secondary N) is 2. The lowest BCUT2D eigenvalue weighted by Crippen LogP contribution is -2.32. The second-order valence-corrected chi connectivity index (χ2v) is 8.21. The zero-order chi connectivity index (χ0) is 28.7. The highest BCUT2D eigenvalue weighted by Crippen LogP contribution is 2.37. The Morgan fingerprint density at radius 2 is 1.92 bits per heavy atom. The van der Waals surface area contributed by atoms with Crippen molar-refractivity contribution >= 4 is 22.7 Å². The van der Waals surface area contributed by atoms with Crippen molar-refractivity contribution in [1.82, 2.24) is 20.6 Å². The van der Waals surface area contributed by atoms with E-state index >= 15 is 0 Å². The van der Waals surface area contributed by atoms with Crippen molar-refractivity contribution in [3.8, 4) is 17.2 Å². The Kier molecular flexibility index (Phi) is 9.30. The maximum Gasteiger partial charge on any atom is 0.433 e. The number of ether oxygens (including phenoxy) is 2. The van der Waals surface area contributed by atoms with Crippen LogP contribution in [0.4, 0.5) is 13.2 Å². The van der Waals surface area contributed by atoms with Gasteiger partial charge in [0.1, 0.15) is 22.8 Å². The van der Waals surface area contributed by atoms with E-state index in [1.54, 1.807) is 25.1 Å². The van der Waals surface area contributed by atoms with Gasteiger partial charge in [0.05, 0.1) is 20.3 Å². The number of pyridine rings is 1. The average molecular weight is 547 g/mol. The van der Waals surface area contributed by atoms with Gasteiger partial charge >= 0.3 is 6.18 Å². The van der Waals surface area contributed by atoms with Crippen LogP contribution in [0.25, 0.3) is 22.4 Å². The lowest BCUT2D eigenvalue weighted by Gasteiger charge is -2.11. The number of aromatic nitrogens is 2. The highest BCUT2D eigenvalue weighted by atomic mass is 19.4. The number of benzene rings is 1. The number of alkyl halides is 3. The number of amides is 1. The summed E-state index contributed by atoms with van der Waals surface area (Å²) in [7, 11) is 2.81. The van der Waals surface area contributed by atoms with Crippen LogP contribution in [0.1, 0.15) is 41.8 Å². The highest BCUT2D eigenvalue weighted by Gasteiger charge is 2.33. The molecular formula is C26H29F3N6O4. The third-order valence-corrected chi connectivity index (χ3v) is 5.35. The van der Waals surface area contributed by atoms with Crippen LogP contribution in [-0.4, -0.2) is 49.1 Å². The fourth-order valence-corrected chi connectivity index (χ4v) is 3.55. The number of carbonyl (C=O) groups excluding carboxylic acids is 1. The van der Waals surface area contributed by atoms with E-state index in [2.05, 4.69) is 32.2 Å². The molecule has 1 atom stereocenters. The van der Waals surface area contributed by atoms with E-state index < -0.39 is 23.8 Å². The zero-order valence-corrected chi connectivity index (χ0v) is 21.8. The summed E-state index contributed by atoms with van der Waals surface area (Å²) < 4.78 is 55.9. The van der Waals surface area contributed by atoms with Crippen LogP contribution in [0.3, 0.4) is 0 Å². The molecule has 0 bridgehead atoms. The largest absolute Gasteiger partial charge is 0.494 e. The summed E-state index contributed by atoms with van der Waals surface area (Å²) in [6.45, 7) is 7.72. The Morgan fingerprint density at radius 1 is 1.21 bits per heavy atom. The van der Waals surface area contributed by atoms with Crippen molar-refractivity contribution in [1.29, 1.82) is 0 Å². The number of nitrogens with zero attached hydrogens (tertiary/aromatic N) is 3. The Bertz CT molecular complexity index is 1410. The Hall–Kier alpha value is -4.39. The van der Waals surface area contributed by atoms with E-state index in [1.807, 2.05) is 6.92 Å². The molecule has 3 aromatic rings. The van der Waals surface area contributed by atoms with Crippen molar-refractivity contribution < 1.29 is 31.9 Å². The quantitative estimate of drug-likeness (QED) is 0.194. The molecule has 208 valence electrons. The van der Waals surface area contributed by atoms with E-state index in [4.69, 9.17) is 19.6 Å². The van der Waals surface area contributed by atoms with Crippen LogP contribution >= 0.6 is 0 Å². The average Bonchev–Trinajstić information content (AvgIpc) is 3.35. The van der Waals surface area contributed by atoms with Crippen LogP contribution in [-0.2, 0) is 10.9 Å². The molecule has 0 saturated heterocycles. The minimum absolute atomic E-state index is 0.00132. The molecule has 0 spiro atoms. The molecule has 1 amide bonds. The number of hydrogen-bond acceptors (Lipinski definition) is 9. The third-order valence-electron chi connectivity index (χ3n) is 5.35. The summed E-state index contributed by atoms with van der Waals surface area (Å²) in [6.07, 6.45) is -1.20. The zero-order valence-electron chi connectivity index (χ0n) is 21.8. The second-order valence-electron chi connectivity index (χ2n) is 8.21. The van der Waals surface area contributed by atoms with Crippen LogP contribution in [0.5, 0.6) is 5.75 Å². The number of nitrogens with two attached hydrogens (primary N) is 1. The third kappa shape index (κ3) is 6.93. The van der Waals surface area contributed by atoms with Crippen LogP contribution in [0.2, 0.25) is 0 Å². The smallest absolute Gasteiger partial charge is 0.433 e. The number of halogens is 3. The standard InChI is InChI=1S/C26H29F3N6O4/c1-6-7-20(38-5)33-15(3)31-12-13-32-24(36)22-23(14(2)30)39-25(35-22)17-8-10-18(37-4)21-16(17)9-11-19(34-21)26(27,28)29/h6-11,14,31H,3,12-13,30H2,1-2,4-5H3,(H,32,36)/b7-6-,33-20?/t14-/m0/s1. The fraction of sp³-hybridized carbons (Fsp3) is 0.308. The number of carbonyl (C=O) groups is 1. The molecule has 0 aliphatic rings. The Balaban J connectivity index is 1.84. The van der Waals surface area contributed by atoms with Gasteiger partial charge in [0, 0.05) is 24.0 Å². The number of allylic oxidation sites excluding steroid dienone is 1. The minimum atomic E-state index is -4.64. The van der Waals surface area contributed by atoms with Crippen molar-refractivity contribution in [3.05, 3.63) is 66.0 Å². The number of fused-ring (bicyclic) bond motifs is 1. The number of rotatable bonds is 10. The maximum absolute atomic E-state index is 13.3. The molecule has 10 nitrogen and oxygen atoms in total. The van der Waals surface area contributed by atoms with Gasteiger partial charge in [-0.3, -0.25) is 4.79 Å². The number of methoxy groups -OCH3 is 2. The lowest BCUT2D eigenvalue weighted by atomic mass is 10.1. The minimum Gasteiger partial charge on any atom is -0.494 e. The van der Waals surface area contributed by atoms with E-state index in [9.17, 15) is 18.0 Å². The van der Waals surface area contributed by atoms with Crippen LogP contribution in [0.15, 0.2) is 58.2 Å². The summed E-state index contributed by atoms with van der Waals surface area (Å²) in [5.41, 5.74) is 5.19. The van der Waals surface area contributed by atoms with E-state index in [1.165, 1.54) is 26.4 Å². The van der Waals surface area contributed by atoms with Gasteiger partial charge in [0.15, 0.2) is 11.5 Å². The second kappa shape index (κ2) is 12.4. The molecule has 0 saturated carbocycles. The van der Waals surface area contributed by atoms with Crippen molar-refractivity contribution in [2.45, 2.75) is 26.1 Å². The number of aliphatic imine (C=N–C) groups is 1. The van der Waals surface area contributed by atoms with Crippen molar-refractivity contribution in [2.75, 3.05) is 27.3 Å². The maximum atomic E-state index is 13.3. The highest BCUT2D eigenvalue weighted by molar-refractivity contribution is 5.98. The van der Waals surface area contributed by atoms with E-state index in [-0.39, 0.29) is 35.2 Å². The van der Waals surface area contributed by atoms with Gasteiger partial charge in [-0.1, -0.05) is 12.7 Å². The van der Waals surface area contributed by atoms with Gasteiger partial charge in [0.25, 0.3) is 5.91 Å². The van der Waals surface area contributed by atoms with E-state index in [0.717, 1.165) is 6.07 Å². The monoisotopic (exact) mass is 546 g/mol. The molecule has 39 heavy (non-hydrogen) atoms. The van der Waals surface area contributed by atoms with Gasteiger partial charge in [-0.2, -0.15) is 18.2 Å². The molecule has 13 heteroatoms. The predicted octanol–water partition coefficient (Wildman–Crippen LogP) is 4.35. The predicted molar refractivity (Wildman–Crippen MR) is 140 cm³/mol. The normalized spacial score (nSPS) is 13.0. The van der Waals surface area contributed by atoms with E-state index in [0.29, 0.717) is 29.2 Å². The van der Waals surface area contributed by atoms with Gasteiger partial charge in [-0.25, -0.2) is 9.97 Å². The van der Waals surface area contributed by atoms with Gasteiger partial charge < -0.3 is 30.3 Å². The Morgan fingerprint density at radius 3 is 2.54 bits per heavy atom. The SMILES string of the molecule is C=C(N=C(/C=C\C)OC)NCCNC(=O)c1nc(-c2ccc(OC)c3nc(C(F)(F)F)ccc23)oc1[C@H](C)N. The first-order valence-electron chi connectivity index (χ1n) is 11.8. The van der Waals surface area contributed by atoms with Crippen molar-refractivity contribution in [2.24, 2.45) is 10.7 Å². The van der Waals surface area contributed by atoms with Gasteiger partial charge in [-0.05, 0) is 44.2 Å². The first kappa shape index (κ1) is 29.2. The topological polar surface area (TPSA) is 137 Å². The molecule has 1 aromatic carbocycles. The summed E-state index contributed by atoms with van der Waals surface area (Å²) in [6, 6.07) is 4.43. The molecule has 2 aromatic heterocycles. The molecule has 0 fully saturated rings. The molecule has 0 unspecified atom stereocenters.